The maximum atomic E-state index is 4.56. The van der Waals surface area contributed by atoms with Crippen LogP contribution in [-0.2, 0) is 6.54 Å². The Labute approximate surface area is 108 Å². The molecule has 2 rings (SSSR count). The van der Waals surface area contributed by atoms with Crippen molar-refractivity contribution in [2.45, 2.75) is 13.5 Å². The fourth-order valence-electron chi connectivity index (χ4n) is 1.87. The van der Waals surface area contributed by atoms with Crippen LogP contribution < -0.4 is 10.2 Å². The van der Waals surface area contributed by atoms with E-state index in [1.165, 1.54) is 0 Å². The minimum Gasteiger partial charge on any atom is -0.327 e. The average Bonchev–Trinajstić information content (AvgIpc) is 2.42. The van der Waals surface area contributed by atoms with E-state index in [9.17, 15) is 0 Å². The van der Waals surface area contributed by atoms with Gasteiger partial charge in [-0.2, -0.15) is 0 Å². The van der Waals surface area contributed by atoms with E-state index in [-0.39, 0.29) is 0 Å². The number of para-hydroxylation sites is 1. The lowest BCUT2D eigenvalue weighted by molar-refractivity contribution is 0.755. The number of nitrogens with zero attached hydrogens (tertiary/aromatic N) is 3. The summed E-state index contributed by atoms with van der Waals surface area (Å²) in [7, 11) is 1.89. The van der Waals surface area contributed by atoms with Gasteiger partial charge in [0.1, 0.15) is 11.6 Å². The molecule has 0 unspecified atom stereocenters. The molecule has 1 aromatic heterocycles. The van der Waals surface area contributed by atoms with Crippen molar-refractivity contribution in [2.75, 3.05) is 18.5 Å². The van der Waals surface area contributed by atoms with Crippen LogP contribution in [0, 0.1) is 0 Å². The Morgan fingerprint density at radius 3 is 2.61 bits per heavy atom. The molecule has 0 aliphatic rings. The van der Waals surface area contributed by atoms with Gasteiger partial charge in [0.25, 0.3) is 0 Å². The highest BCUT2D eigenvalue weighted by molar-refractivity contribution is 5.59. The maximum Gasteiger partial charge on any atom is 0.144 e. The third kappa shape index (κ3) is 2.84. The molecule has 0 amide bonds. The fraction of sp³-hybridized carbons (Fsp3) is 0.286. The Morgan fingerprint density at radius 2 is 1.94 bits per heavy atom. The number of hydrogen-bond acceptors (Lipinski definition) is 4. The van der Waals surface area contributed by atoms with E-state index in [2.05, 4.69) is 39.2 Å². The zero-order chi connectivity index (χ0) is 12.8. The molecule has 0 spiro atoms. The summed E-state index contributed by atoms with van der Waals surface area (Å²) in [6, 6.07) is 12.2. The van der Waals surface area contributed by atoms with Crippen molar-refractivity contribution in [2.24, 2.45) is 0 Å². The van der Waals surface area contributed by atoms with Gasteiger partial charge in [0.15, 0.2) is 0 Å². The standard InChI is InChI=1S/C14H18N4/c1-3-18(12-7-5-4-6-8-12)14-9-10-16-13(17-14)11-15-2/h4-10,15H,3,11H2,1-2H3. The highest BCUT2D eigenvalue weighted by atomic mass is 15.2. The number of rotatable bonds is 5. The van der Waals surface area contributed by atoms with Gasteiger partial charge in [0.05, 0.1) is 6.54 Å². The first kappa shape index (κ1) is 12.5. The zero-order valence-electron chi connectivity index (χ0n) is 10.8. The van der Waals surface area contributed by atoms with Crippen molar-refractivity contribution < 1.29 is 0 Å². The van der Waals surface area contributed by atoms with Gasteiger partial charge in [-0.05, 0) is 32.2 Å². The van der Waals surface area contributed by atoms with Crippen molar-refractivity contribution in [3.05, 3.63) is 48.4 Å². The van der Waals surface area contributed by atoms with Gasteiger partial charge in [-0.15, -0.1) is 0 Å². The highest BCUT2D eigenvalue weighted by Gasteiger charge is 2.08. The molecule has 1 aromatic carbocycles. The Kier molecular flexibility index (Phi) is 4.25. The molecule has 1 N–H and O–H groups in total. The lowest BCUT2D eigenvalue weighted by atomic mass is 10.3. The van der Waals surface area contributed by atoms with Gasteiger partial charge in [-0.3, -0.25) is 0 Å². The summed E-state index contributed by atoms with van der Waals surface area (Å²) in [5.74, 6) is 1.74. The van der Waals surface area contributed by atoms with Crippen LogP contribution in [0.15, 0.2) is 42.6 Å². The van der Waals surface area contributed by atoms with Gasteiger partial charge in [0, 0.05) is 18.4 Å². The molecule has 1 heterocycles. The molecule has 0 saturated carbocycles. The van der Waals surface area contributed by atoms with Gasteiger partial charge in [-0.1, -0.05) is 18.2 Å². The molecule has 0 radical (unpaired) electrons. The van der Waals surface area contributed by atoms with Gasteiger partial charge in [0.2, 0.25) is 0 Å². The largest absolute Gasteiger partial charge is 0.327 e. The number of aromatic nitrogens is 2. The molecule has 4 heteroatoms. The minimum absolute atomic E-state index is 0.681. The molecular formula is C14H18N4. The molecule has 0 saturated heterocycles. The topological polar surface area (TPSA) is 41.1 Å². The molecule has 2 aromatic rings. The van der Waals surface area contributed by atoms with E-state index >= 15 is 0 Å². The van der Waals surface area contributed by atoms with Crippen molar-refractivity contribution in [1.82, 2.24) is 15.3 Å². The average molecular weight is 242 g/mol. The summed E-state index contributed by atoms with van der Waals surface area (Å²) >= 11 is 0. The normalized spacial score (nSPS) is 10.3. The Hall–Kier alpha value is -1.94. The molecule has 0 aliphatic heterocycles. The van der Waals surface area contributed by atoms with Crippen molar-refractivity contribution in [3.63, 3.8) is 0 Å². The van der Waals surface area contributed by atoms with E-state index in [4.69, 9.17) is 0 Å². The minimum atomic E-state index is 0.681. The van der Waals surface area contributed by atoms with E-state index < -0.39 is 0 Å². The molecule has 4 nitrogen and oxygen atoms in total. The van der Waals surface area contributed by atoms with Crippen LogP contribution in [0.4, 0.5) is 11.5 Å². The zero-order valence-corrected chi connectivity index (χ0v) is 10.8. The second-order valence-corrected chi connectivity index (χ2v) is 3.94. The summed E-state index contributed by atoms with van der Waals surface area (Å²) in [5, 5.41) is 3.06. The molecule has 0 bridgehead atoms. The summed E-state index contributed by atoms with van der Waals surface area (Å²) in [6.07, 6.45) is 1.81. The predicted octanol–water partition coefficient (Wildman–Crippen LogP) is 2.35. The SMILES string of the molecule is CCN(c1ccccc1)c1ccnc(CNC)n1. The lowest BCUT2D eigenvalue weighted by Crippen LogP contribution is -2.19. The number of benzene rings is 1. The first-order valence-corrected chi connectivity index (χ1v) is 6.14. The summed E-state index contributed by atoms with van der Waals surface area (Å²) in [5.41, 5.74) is 1.15. The van der Waals surface area contributed by atoms with Crippen LogP contribution in [0.1, 0.15) is 12.7 Å². The van der Waals surface area contributed by atoms with Crippen LogP contribution in [0.3, 0.4) is 0 Å². The van der Waals surface area contributed by atoms with Crippen LogP contribution >= 0.6 is 0 Å². The molecule has 0 aliphatic carbocycles. The van der Waals surface area contributed by atoms with Crippen LogP contribution in [0.5, 0.6) is 0 Å². The Balaban J connectivity index is 2.30. The van der Waals surface area contributed by atoms with E-state index in [0.717, 1.165) is 23.9 Å². The Bertz CT molecular complexity index is 484. The van der Waals surface area contributed by atoms with Gasteiger partial charge < -0.3 is 10.2 Å². The predicted molar refractivity (Wildman–Crippen MR) is 73.9 cm³/mol. The summed E-state index contributed by atoms with van der Waals surface area (Å²) in [4.78, 5) is 11.0. The number of nitrogens with one attached hydrogen (secondary N) is 1. The quantitative estimate of drug-likeness (QED) is 0.874. The molecule has 0 fully saturated rings. The third-order valence-corrected chi connectivity index (χ3v) is 2.69. The molecule has 0 atom stereocenters. The van der Waals surface area contributed by atoms with Gasteiger partial charge >= 0.3 is 0 Å². The monoisotopic (exact) mass is 242 g/mol. The Morgan fingerprint density at radius 1 is 1.17 bits per heavy atom. The van der Waals surface area contributed by atoms with E-state index in [1.54, 1.807) is 6.20 Å². The highest BCUT2D eigenvalue weighted by Crippen LogP contribution is 2.22. The molecule has 18 heavy (non-hydrogen) atoms. The molecular weight excluding hydrogens is 224 g/mol. The fourth-order valence-corrected chi connectivity index (χ4v) is 1.87. The second kappa shape index (κ2) is 6.12. The number of anilines is 2. The van der Waals surface area contributed by atoms with Crippen LogP contribution in [-0.4, -0.2) is 23.6 Å². The smallest absolute Gasteiger partial charge is 0.144 e. The van der Waals surface area contributed by atoms with Crippen molar-refractivity contribution in [1.29, 1.82) is 0 Å². The summed E-state index contributed by atoms with van der Waals surface area (Å²) < 4.78 is 0. The number of hydrogen-bond donors (Lipinski definition) is 1. The van der Waals surface area contributed by atoms with Crippen molar-refractivity contribution >= 4 is 11.5 Å². The third-order valence-electron chi connectivity index (χ3n) is 2.69. The first-order chi connectivity index (χ1) is 8.85. The molecule has 94 valence electrons. The second-order valence-electron chi connectivity index (χ2n) is 3.94. The van der Waals surface area contributed by atoms with Crippen LogP contribution in [0.25, 0.3) is 0 Å². The van der Waals surface area contributed by atoms with E-state index in [0.29, 0.717) is 6.54 Å². The summed E-state index contributed by atoms with van der Waals surface area (Å²) in [6.45, 7) is 3.67. The first-order valence-electron chi connectivity index (χ1n) is 6.14. The van der Waals surface area contributed by atoms with Crippen LogP contribution in [0.2, 0.25) is 0 Å². The van der Waals surface area contributed by atoms with Crippen molar-refractivity contribution in [3.8, 4) is 0 Å². The maximum absolute atomic E-state index is 4.56. The van der Waals surface area contributed by atoms with Gasteiger partial charge in [-0.25, -0.2) is 9.97 Å². The van der Waals surface area contributed by atoms with E-state index in [1.807, 2.05) is 31.3 Å². The lowest BCUT2D eigenvalue weighted by Gasteiger charge is -2.22.